The predicted octanol–water partition coefficient (Wildman–Crippen LogP) is 3.08. The van der Waals surface area contributed by atoms with Gasteiger partial charge in [-0.1, -0.05) is 23.8 Å². The molecule has 2 atom stereocenters. The summed E-state index contributed by atoms with van der Waals surface area (Å²) in [4.78, 5) is 16.7. The maximum Gasteiger partial charge on any atom is 0.306 e. The third kappa shape index (κ3) is 4.67. The number of aryl methyl sites for hydroxylation is 2. The van der Waals surface area contributed by atoms with Crippen molar-refractivity contribution in [1.29, 1.82) is 0 Å². The molecule has 1 aromatic carbocycles. The van der Waals surface area contributed by atoms with Crippen LogP contribution in [0.25, 0.3) is 0 Å². The van der Waals surface area contributed by atoms with Gasteiger partial charge in [-0.25, -0.2) is 13.9 Å². The number of carboxylic acids is 1. The van der Waals surface area contributed by atoms with Gasteiger partial charge in [-0.2, -0.15) is 0 Å². The van der Waals surface area contributed by atoms with Crippen LogP contribution >= 0.6 is 0 Å². The highest BCUT2D eigenvalue weighted by atomic mass is 32.2. The summed E-state index contributed by atoms with van der Waals surface area (Å²) < 4.78 is 16.2. The van der Waals surface area contributed by atoms with Gasteiger partial charge in [0.25, 0.3) is 0 Å². The molecule has 0 amide bonds. The van der Waals surface area contributed by atoms with Crippen molar-refractivity contribution in [3.8, 4) is 0 Å². The van der Waals surface area contributed by atoms with Gasteiger partial charge >= 0.3 is 5.97 Å². The number of hydrogen-bond acceptors (Lipinski definition) is 4. The number of rotatable bonds is 7. The van der Waals surface area contributed by atoms with Crippen LogP contribution in [-0.2, 0) is 28.6 Å². The van der Waals surface area contributed by atoms with Crippen molar-refractivity contribution in [2.75, 3.05) is 11.9 Å². The topological polar surface area (TPSA) is 91.3 Å². The van der Waals surface area contributed by atoms with Gasteiger partial charge in [0, 0.05) is 24.7 Å². The molecule has 2 heterocycles. The van der Waals surface area contributed by atoms with Crippen LogP contribution in [0.5, 0.6) is 0 Å². The van der Waals surface area contributed by atoms with Gasteiger partial charge in [-0.15, -0.1) is 0 Å². The van der Waals surface area contributed by atoms with E-state index in [2.05, 4.69) is 16.1 Å². The van der Waals surface area contributed by atoms with Crippen molar-refractivity contribution in [3.05, 3.63) is 53.2 Å². The Bertz CT molecular complexity index is 910. The number of pyridine rings is 1. The zero-order valence-corrected chi connectivity index (χ0v) is 17.4. The summed E-state index contributed by atoms with van der Waals surface area (Å²) in [5, 5.41) is 12.6. The van der Waals surface area contributed by atoms with Crippen LogP contribution in [0.15, 0.2) is 41.3 Å². The van der Waals surface area contributed by atoms with E-state index in [9.17, 15) is 14.1 Å². The Morgan fingerprint density at radius 2 is 2.03 bits per heavy atom. The number of nitrogens with one attached hydrogen (secondary N) is 2. The van der Waals surface area contributed by atoms with Crippen LogP contribution in [0.4, 0.5) is 5.82 Å². The molecule has 0 spiro atoms. The first-order valence-electron chi connectivity index (χ1n) is 10.2. The van der Waals surface area contributed by atoms with Gasteiger partial charge in [0.2, 0.25) is 0 Å². The molecule has 29 heavy (non-hydrogen) atoms. The van der Waals surface area contributed by atoms with Gasteiger partial charge in [0.1, 0.15) is 16.8 Å². The van der Waals surface area contributed by atoms with Gasteiger partial charge in [0.05, 0.1) is 10.8 Å². The Morgan fingerprint density at radius 1 is 1.28 bits per heavy atom. The molecule has 1 aliphatic heterocycles. The highest BCUT2D eigenvalue weighted by molar-refractivity contribution is 7.83. The van der Waals surface area contributed by atoms with E-state index in [1.54, 1.807) is 0 Å². The number of benzene rings is 1. The number of aromatic nitrogens is 1. The van der Waals surface area contributed by atoms with E-state index in [0.717, 1.165) is 41.4 Å². The Balaban J connectivity index is 1.50. The standard InChI is InChI=1S/C22H27N3O3S/c1-14-4-8-19(9-5-14)29(28)25-20(16-11-17(12-16)22(26)27)13-18-7-6-15-3-2-10-23-21(15)24-18/h4-9,16-17,20,25H,2-3,10-13H2,1H3,(H,23,24)(H,26,27). The largest absolute Gasteiger partial charge is 0.481 e. The van der Waals surface area contributed by atoms with E-state index in [1.807, 2.05) is 37.3 Å². The molecule has 0 radical (unpaired) electrons. The number of carbonyl (C=O) groups is 1. The number of fused-ring (bicyclic) bond motifs is 1. The molecule has 1 saturated carbocycles. The molecule has 3 N–H and O–H groups in total. The summed E-state index contributed by atoms with van der Waals surface area (Å²) in [6, 6.07) is 11.7. The van der Waals surface area contributed by atoms with Crippen molar-refractivity contribution in [3.63, 3.8) is 0 Å². The molecule has 0 bridgehead atoms. The second-order valence-corrected chi connectivity index (χ2v) is 9.36. The van der Waals surface area contributed by atoms with Crippen molar-refractivity contribution in [1.82, 2.24) is 9.71 Å². The maximum atomic E-state index is 12.9. The molecule has 7 heteroatoms. The fourth-order valence-electron chi connectivity index (χ4n) is 4.07. The third-order valence-electron chi connectivity index (χ3n) is 5.97. The summed E-state index contributed by atoms with van der Waals surface area (Å²) in [6.07, 6.45) is 4.01. The lowest BCUT2D eigenvalue weighted by Gasteiger charge is -2.38. The fourth-order valence-corrected chi connectivity index (χ4v) is 5.14. The van der Waals surface area contributed by atoms with Gasteiger partial charge < -0.3 is 10.4 Å². The van der Waals surface area contributed by atoms with Gasteiger partial charge in [-0.05, 0) is 62.3 Å². The van der Waals surface area contributed by atoms with E-state index >= 15 is 0 Å². The van der Waals surface area contributed by atoms with E-state index in [4.69, 9.17) is 4.98 Å². The van der Waals surface area contributed by atoms with Crippen LogP contribution in [-0.4, -0.2) is 32.9 Å². The molecule has 0 saturated heterocycles. The monoisotopic (exact) mass is 413 g/mol. The number of anilines is 1. The lowest BCUT2D eigenvalue weighted by molar-refractivity contribution is -0.146. The molecular weight excluding hydrogens is 386 g/mol. The number of hydrogen-bond donors (Lipinski definition) is 3. The molecule has 2 aliphatic rings. The Kier molecular flexibility index (Phi) is 5.96. The first-order valence-corrected chi connectivity index (χ1v) is 11.3. The van der Waals surface area contributed by atoms with E-state index < -0.39 is 17.0 Å². The summed E-state index contributed by atoms with van der Waals surface area (Å²) in [5.41, 5.74) is 3.30. The van der Waals surface area contributed by atoms with Crippen molar-refractivity contribution in [2.24, 2.45) is 11.8 Å². The predicted molar refractivity (Wildman–Crippen MR) is 113 cm³/mol. The van der Waals surface area contributed by atoms with Gasteiger partial charge in [0.15, 0.2) is 0 Å². The SMILES string of the molecule is Cc1ccc(S(=O)NC(Cc2ccc3c(n2)NCCC3)C2CC(C(=O)O)C2)cc1. The highest BCUT2D eigenvalue weighted by Crippen LogP contribution is 2.37. The zero-order chi connectivity index (χ0) is 20.4. The molecule has 4 rings (SSSR count). The van der Waals surface area contributed by atoms with Crippen LogP contribution in [0.1, 0.15) is 36.1 Å². The van der Waals surface area contributed by atoms with Crippen LogP contribution in [0.3, 0.4) is 0 Å². The molecule has 2 aromatic rings. The quantitative estimate of drug-likeness (QED) is 0.649. The summed E-state index contributed by atoms with van der Waals surface area (Å²) in [6.45, 7) is 2.94. The smallest absolute Gasteiger partial charge is 0.306 e. The number of nitrogens with zero attached hydrogens (tertiary/aromatic N) is 1. The van der Waals surface area contributed by atoms with E-state index in [0.29, 0.717) is 19.3 Å². The average molecular weight is 414 g/mol. The van der Waals surface area contributed by atoms with Crippen LogP contribution in [0, 0.1) is 18.8 Å². The van der Waals surface area contributed by atoms with Crippen molar-refractivity contribution >= 4 is 22.8 Å². The summed E-state index contributed by atoms with van der Waals surface area (Å²) >= 11 is 0. The summed E-state index contributed by atoms with van der Waals surface area (Å²) in [5.74, 6) is 0.0894. The average Bonchev–Trinajstić information content (AvgIpc) is 2.67. The molecule has 6 nitrogen and oxygen atoms in total. The van der Waals surface area contributed by atoms with Crippen molar-refractivity contribution in [2.45, 2.75) is 50.0 Å². The van der Waals surface area contributed by atoms with Crippen LogP contribution < -0.4 is 10.0 Å². The fraction of sp³-hybridized carbons (Fsp3) is 0.455. The number of carboxylic acid groups (broad SMARTS) is 1. The zero-order valence-electron chi connectivity index (χ0n) is 16.6. The number of aliphatic carboxylic acids is 1. The second-order valence-electron chi connectivity index (χ2n) is 8.12. The minimum atomic E-state index is -1.35. The Morgan fingerprint density at radius 3 is 2.76 bits per heavy atom. The van der Waals surface area contributed by atoms with E-state index in [-0.39, 0.29) is 17.9 Å². The highest BCUT2D eigenvalue weighted by Gasteiger charge is 2.39. The molecular formula is C22H27N3O3S. The normalized spacial score (nSPS) is 22.7. The first kappa shape index (κ1) is 20.0. The molecule has 1 aliphatic carbocycles. The third-order valence-corrected chi connectivity index (χ3v) is 7.18. The maximum absolute atomic E-state index is 12.9. The minimum Gasteiger partial charge on any atom is -0.481 e. The molecule has 154 valence electrons. The van der Waals surface area contributed by atoms with Crippen molar-refractivity contribution < 1.29 is 14.1 Å². The molecule has 1 aromatic heterocycles. The first-order chi connectivity index (χ1) is 14.0. The minimum absolute atomic E-state index is 0.0816. The van der Waals surface area contributed by atoms with Crippen LogP contribution in [0.2, 0.25) is 0 Å². The summed E-state index contributed by atoms with van der Waals surface area (Å²) in [7, 11) is -1.35. The molecule has 2 unspecified atom stereocenters. The second kappa shape index (κ2) is 8.63. The molecule has 1 fully saturated rings. The van der Waals surface area contributed by atoms with Gasteiger partial charge in [-0.3, -0.25) is 4.79 Å². The lowest BCUT2D eigenvalue weighted by Crippen LogP contribution is -2.46. The Hall–Kier alpha value is -2.25. The van der Waals surface area contributed by atoms with E-state index in [1.165, 1.54) is 5.56 Å². The Labute approximate surface area is 173 Å². The lowest BCUT2D eigenvalue weighted by atomic mass is 9.70.